The SMILES string of the molecule is c1ccc(-c2nc(-c3ccccc3)nc(-c3cc(-c4ccc5c(c4)sc4c6cccc7c6c(cc54)-c4ccccc4-7)c4ccccc4c3)n2)cc1. The molecule has 236 valence electrons. The van der Waals surface area contributed by atoms with Crippen molar-refractivity contribution in [3.8, 4) is 67.5 Å². The Morgan fingerprint density at radius 1 is 0.333 bits per heavy atom. The van der Waals surface area contributed by atoms with Crippen molar-refractivity contribution in [2.75, 3.05) is 0 Å². The maximum Gasteiger partial charge on any atom is 0.164 e. The Morgan fingerprint density at radius 2 is 0.941 bits per heavy atom. The van der Waals surface area contributed by atoms with Crippen LogP contribution in [0.15, 0.2) is 164 Å². The highest BCUT2D eigenvalue weighted by atomic mass is 32.1. The van der Waals surface area contributed by atoms with Crippen LogP contribution in [0.1, 0.15) is 0 Å². The summed E-state index contributed by atoms with van der Waals surface area (Å²) in [5, 5.41) is 7.68. The summed E-state index contributed by atoms with van der Waals surface area (Å²) in [4.78, 5) is 15.1. The first-order valence-electron chi connectivity index (χ1n) is 17.2. The number of nitrogens with zero attached hydrogens (tertiary/aromatic N) is 3. The predicted molar refractivity (Wildman–Crippen MR) is 214 cm³/mol. The van der Waals surface area contributed by atoms with Crippen molar-refractivity contribution in [2.45, 2.75) is 0 Å². The van der Waals surface area contributed by atoms with Crippen LogP contribution in [0, 0.1) is 0 Å². The van der Waals surface area contributed by atoms with Crippen LogP contribution in [0.3, 0.4) is 0 Å². The first-order valence-corrected chi connectivity index (χ1v) is 18.0. The summed E-state index contributed by atoms with van der Waals surface area (Å²) in [6.07, 6.45) is 0. The van der Waals surface area contributed by atoms with Gasteiger partial charge in [0.25, 0.3) is 0 Å². The van der Waals surface area contributed by atoms with Crippen LogP contribution < -0.4 is 0 Å². The Balaban J connectivity index is 1.11. The van der Waals surface area contributed by atoms with E-state index in [-0.39, 0.29) is 0 Å². The van der Waals surface area contributed by atoms with Gasteiger partial charge in [0.05, 0.1) is 0 Å². The largest absolute Gasteiger partial charge is 0.208 e. The van der Waals surface area contributed by atoms with Crippen LogP contribution in [-0.4, -0.2) is 15.0 Å². The van der Waals surface area contributed by atoms with Gasteiger partial charge in [0.1, 0.15) is 0 Å². The highest BCUT2D eigenvalue weighted by Crippen LogP contribution is 2.52. The van der Waals surface area contributed by atoms with Crippen molar-refractivity contribution in [3.63, 3.8) is 0 Å². The minimum Gasteiger partial charge on any atom is -0.208 e. The highest BCUT2D eigenvalue weighted by Gasteiger charge is 2.24. The van der Waals surface area contributed by atoms with Gasteiger partial charge in [-0.3, -0.25) is 0 Å². The fraction of sp³-hybridized carbons (Fsp3) is 0. The zero-order valence-electron chi connectivity index (χ0n) is 27.3. The number of fused-ring (bicyclic) bond motifs is 8. The van der Waals surface area contributed by atoms with Gasteiger partial charge in [0.15, 0.2) is 17.5 Å². The molecule has 0 N–H and O–H groups in total. The smallest absolute Gasteiger partial charge is 0.164 e. The standard InChI is InChI=1S/C47H27N3S/c1-3-12-28(13-4-1)45-48-46(29-14-5-2-6-15-29)50-47(49-45)32-24-30-16-7-8-17-33(30)39(25-32)31-22-23-36-41-27-40-35-19-10-9-18-34(35)37-20-11-21-38(43(37)40)44(41)51-42(36)26-31/h1-27H. The second-order valence-electron chi connectivity index (χ2n) is 13.2. The molecule has 2 aromatic heterocycles. The Morgan fingerprint density at radius 3 is 1.69 bits per heavy atom. The lowest BCUT2D eigenvalue weighted by Gasteiger charge is -2.12. The maximum atomic E-state index is 5.07. The minimum absolute atomic E-state index is 0.655. The summed E-state index contributed by atoms with van der Waals surface area (Å²) >= 11 is 1.90. The monoisotopic (exact) mass is 665 g/mol. The van der Waals surface area contributed by atoms with Gasteiger partial charge in [-0.1, -0.05) is 140 Å². The van der Waals surface area contributed by atoms with Gasteiger partial charge >= 0.3 is 0 Å². The van der Waals surface area contributed by atoms with Gasteiger partial charge < -0.3 is 0 Å². The second-order valence-corrected chi connectivity index (χ2v) is 14.2. The molecule has 1 aliphatic carbocycles. The highest BCUT2D eigenvalue weighted by molar-refractivity contribution is 7.26. The van der Waals surface area contributed by atoms with E-state index in [1.54, 1.807) is 0 Å². The summed E-state index contributed by atoms with van der Waals surface area (Å²) in [5.74, 6) is 1.97. The molecule has 0 aliphatic heterocycles. The number of benzene rings is 8. The van der Waals surface area contributed by atoms with Gasteiger partial charge in [-0.2, -0.15) is 0 Å². The van der Waals surface area contributed by atoms with Crippen LogP contribution in [0.4, 0.5) is 0 Å². The lowest BCUT2D eigenvalue weighted by Crippen LogP contribution is -2.00. The summed E-state index contributed by atoms with van der Waals surface area (Å²) < 4.78 is 2.63. The van der Waals surface area contributed by atoms with E-state index in [1.165, 1.54) is 64.1 Å². The van der Waals surface area contributed by atoms with E-state index >= 15 is 0 Å². The fourth-order valence-corrected chi connectivity index (χ4v) is 9.13. The zero-order chi connectivity index (χ0) is 33.5. The van der Waals surface area contributed by atoms with Crippen molar-refractivity contribution in [1.82, 2.24) is 15.0 Å². The quantitative estimate of drug-likeness (QED) is 0.188. The molecular weight excluding hydrogens is 639 g/mol. The van der Waals surface area contributed by atoms with Crippen LogP contribution in [0.5, 0.6) is 0 Å². The van der Waals surface area contributed by atoms with Gasteiger partial charge in [-0.25, -0.2) is 15.0 Å². The van der Waals surface area contributed by atoms with E-state index < -0.39 is 0 Å². The molecule has 0 saturated carbocycles. The molecule has 0 unspecified atom stereocenters. The van der Waals surface area contributed by atoms with E-state index in [9.17, 15) is 0 Å². The second kappa shape index (κ2) is 11.0. The maximum absolute atomic E-state index is 5.07. The molecular formula is C47H27N3S. The average molecular weight is 666 g/mol. The Labute approximate surface area is 298 Å². The van der Waals surface area contributed by atoms with Crippen LogP contribution in [0.2, 0.25) is 0 Å². The first-order chi connectivity index (χ1) is 25.3. The molecule has 8 aromatic carbocycles. The molecule has 1 aliphatic rings. The molecule has 3 nitrogen and oxygen atoms in total. The molecule has 51 heavy (non-hydrogen) atoms. The third-order valence-corrected chi connectivity index (χ3v) is 11.4. The van der Waals surface area contributed by atoms with Crippen molar-refractivity contribution >= 4 is 53.1 Å². The average Bonchev–Trinajstić information content (AvgIpc) is 3.74. The van der Waals surface area contributed by atoms with Gasteiger partial charge in [-0.15, -0.1) is 11.3 Å². The molecule has 11 rings (SSSR count). The number of thiophene rings is 1. The minimum atomic E-state index is 0.655. The molecule has 0 fully saturated rings. The normalized spacial score (nSPS) is 11.9. The van der Waals surface area contributed by atoms with Crippen molar-refractivity contribution in [2.24, 2.45) is 0 Å². The zero-order valence-corrected chi connectivity index (χ0v) is 28.2. The molecule has 0 saturated heterocycles. The predicted octanol–water partition coefficient (Wildman–Crippen LogP) is 12.9. The molecule has 0 spiro atoms. The van der Waals surface area contributed by atoms with Gasteiger partial charge in [0.2, 0.25) is 0 Å². The van der Waals surface area contributed by atoms with Crippen molar-refractivity contribution < 1.29 is 0 Å². The Hall–Kier alpha value is -6.49. The topological polar surface area (TPSA) is 38.7 Å². The van der Waals surface area contributed by atoms with Gasteiger partial charge in [-0.05, 0) is 73.8 Å². The molecule has 0 bridgehead atoms. The molecule has 0 amide bonds. The van der Waals surface area contributed by atoms with Gasteiger partial charge in [0, 0.05) is 42.2 Å². The summed E-state index contributed by atoms with van der Waals surface area (Å²) in [6.45, 7) is 0. The third kappa shape index (κ3) is 4.40. The lowest BCUT2D eigenvalue weighted by molar-refractivity contribution is 1.07. The Bertz CT molecular complexity index is 2960. The molecule has 0 radical (unpaired) electrons. The van der Waals surface area contributed by atoms with Crippen LogP contribution >= 0.6 is 11.3 Å². The number of aromatic nitrogens is 3. The van der Waals surface area contributed by atoms with Crippen molar-refractivity contribution in [1.29, 1.82) is 0 Å². The van der Waals surface area contributed by atoms with Crippen molar-refractivity contribution in [3.05, 3.63) is 164 Å². The summed E-state index contributed by atoms with van der Waals surface area (Å²) in [6, 6.07) is 58.4. The molecule has 4 heteroatoms. The van der Waals surface area contributed by atoms with E-state index in [2.05, 4.69) is 127 Å². The fourth-order valence-electron chi connectivity index (χ4n) is 7.88. The Kier molecular flexibility index (Phi) is 6.12. The summed E-state index contributed by atoms with van der Waals surface area (Å²) in [5.41, 5.74) is 10.6. The third-order valence-electron chi connectivity index (χ3n) is 10.2. The summed E-state index contributed by atoms with van der Waals surface area (Å²) in [7, 11) is 0. The molecule has 2 heterocycles. The molecule has 10 aromatic rings. The first kappa shape index (κ1) is 28.4. The number of hydrogen-bond donors (Lipinski definition) is 0. The van der Waals surface area contributed by atoms with Crippen LogP contribution in [0.25, 0.3) is 109 Å². The van der Waals surface area contributed by atoms with Crippen LogP contribution in [-0.2, 0) is 0 Å². The molecule has 0 atom stereocenters. The van der Waals surface area contributed by atoms with E-state index in [0.29, 0.717) is 17.5 Å². The van der Waals surface area contributed by atoms with E-state index in [4.69, 9.17) is 15.0 Å². The number of rotatable bonds is 4. The van der Waals surface area contributed by atoms with E-state index in [1.807, 2.05) is 47.7 Å². The van der Waals surface area contributed by atoms with E-state index in [0.717, 1.165) is 27.6 Å². The number of hydrogen-bond acceptors (Lipinski definition) is 4. The lowest BCUT2D eigenvalue weighted by atomic mass is 9.94.